The molecule has 11 rings (SSSR count). The average molecular weight is 716 g/mol. The maximum atomic E-state index is 5.31. The molecule has 3 aromatic heterocycles. The summed E-state index contributed by atoms with van der Waals surface area (Å²) in [6.07, 6.45) is 0. The molecule has 0 aliphatic carbocycles. The second-order valence-electron chi connectivity index (χ2n) is 14.0. The lowest BCUT2D eigenvalue weighted by Gasteiger charge is -2.17. The van der Waals surface area contributed by atoms with Gasteiger partial charge in [-0.05, 0) is 54.1 Å². The van der Waals surface area contributed by atoms with E-state index in [2.05, 4.69) is 173 Å². The Balaban J connectivity index is 1.33. The Labute approximate surface area is 323 Å². The number of hydrogen-bond acceptors (Lipinski definition) is 3. The lowest BCUT2D eigenvalue weighted by molar-refractivity contribution is 1.07. The van der Waals surface area contributed by atoms with Crippen LogP contribution in [0.3, 0.4) is 0 Å². The Bertz CT molecular complexity index is 3160. The van der Waals surface area contributed by atoms with Crippen molar-refractivity contribution in [3.8, 4) is 56.7 Å². The molecule has 0 aliphatic heterocycles. The van der Waals surface area contributed by atoms with Crippen molar-refractivity contribution in [2.45, 2.75) is 0 Å². The van der Waals surface area contributed by atoms with Gasteiger partial charge in [-0.1, -0.05) is 152 Å². The molecule has 5 nitrogen and oxygen atoms in total. The SMILES string of the molecule is c1ccc(-c2nc(-c3ccccc3)nc(-c3ccc4c5ccccc5n(-c5ccccc5)c4c3-c3cccc4c3c3ccccc3n4-c3ccccc3)n2)cc1. The van der Waals surface area contributed by atoms with E-state index in [0.717, 1.165) is 66.6 Å². The third kappa shape index (κ3) is 5.06. The van der Waals surface area contributed by atoms with E-state index in [1.165, 1.54) is 16.2 Å². The molecule has 0 N–H and O–H groups in total. The number of fused-ring (bicyclic) bond motifs is 6. The smallest absolute Gasteiger partial charge is 0.164 e. The molecule has 262 valence electrons. The summed E-state index contributed by atoms with van der Waals surface area (Å²) in [5.41, 5.74) is 11.7. The van der Waals surface area contributed by atoms with Gasteiger partial charge in [0.1, 0.15) is 0 Å². The normalized spacial score (nSPS) is 11.6. The van der Waals surface area contributed by atoms with Crippen LogP contribution in [0.4, 0.5) is 0 Å². The number of aromatic nitrogens is 5. The van der Waals surface area contributed by atoms with E-state index < -0.39 is 0 Å². The number of para-hydroxylation sites is 4. The standard InChI is InChI=1S/C51H33N5/c1-5-18-34(19-6-1)49-52-50(35-20-7-2-8-21-35)54-51(53-49)42-33-32-39-38-26-13-15-29-43(38)56(37-24-11-4-12-25-37)48(39)47(42)41-28-17-31-45-46(41)40-27-14-16-30-44(40)55(45)36-22-9-3-10-23-36/h1-33H. The zero-order valence-electron chi connectivity index (χ0n) is 30.3. The molecule has 0 saturated heterocycles. The molecule has 0 spiro atoms. The summed E-state index contributed by atoms with van der Waals surface area (Å²) >= 11 is 0. The fourth-order valence-electron chi connectivity index (χ4n) is 8.37. The van der Waals surface area contributed by atoms with Crippen LogP contribution in [0.1, 0.15) is 0 Å². The summed E-state index contributed by atoms with van der Waals surface area (Å²) in [7, 11) is 0. The van der Waals surface area contributed by atoms with Gasteiger partial charge in [0.25, 0.3) is 0 Å². The highest BCUT2D eigenvalue weighted by Crippen LogP contribution is 2.47. The molecule has 0 bridgehead atoms. The van der Waals surface area contributed by atoms with Crippen molar-refractivity contribution < 1.29 is 0 Å². The fourth-order valence-corrected chi connectivity index (χ4v) is 8.37. The van der Waals surface area contributed by atoms with Gasteiger partial charge in [0.15, 0.2) is 17.5 Å². The monoisotopic (exact) mass is 715 g/mol. The topological polar surface area (TPSA) is 48.5 Å². The molecular weight excluding hydrogens is 683 g/mol. The van der Waals surface area contributed by atoms with Crippen LogP contribution in [0, 0.1) is 0 Å². The molecule has 56 heavy (non-hydrogen) atoms. The zero-order valence-corrected chi connectivity index (χ0v) is 30.3. The minimum Gasteiger partial charge on any atom is -0.309 e. The van der Waals surface area contributed by atoms with E-state index >= 15 is 0 Å². The van der Waals surface area contributed by atoms with E-state index in [1.54, 1.807) is 0 Å². The molecule has 8 aromatic carbocycles. The summed E-state index contributed by atoms with van der Waals surface area (Å²) in [5.74, 6) is 1.87. The summed E-state index contributed by atoms with van der Waals surface area (Å²) in [6, 6.07) is 70.3. The number of hydrogen-bond donors (Lipinski definition) is 0. The van der Waals surface area contributed by atoms with Gasteiger partial charge in [-0.3, -0.25) is 0 Å². The van der Waals surface area contributed by atoms with Crippen molar-refractivity contribution in [3.05, 3.63) is 200 Å². The third-order valence-corrected chi connectivity index (χ3v) is 10.8. The molecule has 0 fully saturated rings. The van der Waals surface area contributed by atoms with E-state index in [0.29, 0.717) is 17.5 Å². The van der Waals surface area contributed by atoms with Crippen molar-refractivity contribution in [2.24, 2.45) is 0 Å². The fraction of sp³-hybridized carbons (Fsp3) is 0. The summed E-state index contributed by atoms with van der Waals surface area (Å²) < 4.78 is 4.79. The minimum absolute atomic E-state index is 0.614. The van der Waals surface area contributed by atoms with Crippen molar-refractivity contribution in [1.29, 1.82) is 0 Å². The van der Waals surface area contributed by atoms with Gasteiger partial charge in [0.05, 0.1) is 22.1 Å². The Kier molecular flexibility index (Phi) is 7.42. The van der Waals surface area contributed by atoms with Gasteiger partial charge in [-0.15, -0.1) is 0 Å². The number of nitrogens with zero attached hydrogens (tertiary/aromatic N) is 5. The van der Waals surface area contributed by atoms with Crippen LogP contribution in [-0.4, -0.2) is 24.1 Å². The largest absolute Gasteiger partial charge is 0.309 e. The molecule has 3 heterocycles. The van der Waals surface area contributed by atoms with Gasteiger partial charge < -0.3 is 9.13 Å². The van der Waals surface area contributed by atoms with E-state index in [1.807, 2.05) is 36.4 Å². The van der Waals surface area contributed by atoms with Crippen LogP contribution in [0.25, 0.3) is 100 Å². The average Bonchev–Trinajstić information content (AvgIpc) is 3.80. The molecule has 11 aromatic rings. The zero-order chi connectivity index (χ0) is 37.0. The van der Waals surface area contributed by atoms with Crippen LogP contribution in [0.5, 0.6) is 0 Å². The summed E-state index contributed by atoms with van der Waals surface area (Å²) in [4.78, 5) is 15.7. The van der Waals surface area contributed by atoms with Crippen LogP contribution in [0.2, 0.25) is 0 Å². The first-order valence-electron chi connectivity index (χ1n) is 18.9. The first-order valence-corrected chi connectivity index (χ1v) is 18.9. The van der Waals surface area contributed by atoms with Crippen LogP contribution >= 0.6 is 0 Å². The molecule has 0 saturated carbocycles. The van der Waals surface area contributed by atoms with Crippen LogP contribution in [-0.2, 0) is 0 Å². The second kappa shape index (κ2) is 13.0. The number of rotatable bonds is 6. The van der Waals surface area contributed by atoms with E-state index in [-0.39, 0.29) is 0 Å². The predicted molar refractivity (Wildman–Crippen MR) is 230 cm³/mol. The highest BCUT2D eigenvalue weighted by Gasteiger charge is 2.25. The maximum absolute atomic E-state index is 5.31. The number of benzene rings is 8. The highest BCUT2D eigenvalue weighted by molar-refractivity contribution is 6.22. The van der Waals surface area contributed by atoms with Crippen molar-refractivity contribution in [1.82, 2.24) is 24.1 Å². The van der Waals surface area contributed by atoms with Crippen molar-refractivity contribution >= 4 is 43.6 Å². The van der Waals surface area contributed by atoms with Crippen molar-refractivity contribution in [3.63, 3.8) is 0 Å². The van der Waals surface area contributed by atoms with Crippen LogP contribution in [0.15, 0.2) is 200 Å². The first-order chi connectivity index (χ1) is 27.8. The molecule has 0 amide bonds. The lowest BCUT2D eigenvalue weighted by Crippen LogP contribution is -2.02. The Hall–Kier alpha value is -7.63. The molecule has 0 aliphatic rings. The molecule has 0 radical (unpaired) electrons. The Morgan fingerprint density at radius 1 is 0.304 bits per heavy atom. The third-order valence-electron chi connectivity index (χ3n) is 10.8. The Morgan fingerprint density at radius 3 is 1.41 bits per heavy atom. The van der Waals surface area contributed by atoms with Crippen molar-refractivity contribution in [2.75, 3.05) is 0 Å². The van der Waals surface area contributed by atoms with Gasteiger partial charge in [0, 0.05) is 55.2 Å². The predicted octanol–water partition coefficient (Wildman–Crippen LogP) is 12.7. The lowest BCUT2D eigenvalue weighted by atomic mass is 9.92. The van der Waals surface area contributed by atoms with Crippen LogP contribution < -0.4 is 0 Å². The molecular formula is C51H33N5. The van der Waals surface area contributed by atoms with Gasteiger partial charge >= 0.3 is 0 Å². The molecule has 5 heteroatoms. The van der Waals surface area contributed by atoms with E-state index in [4.69, 9.17) is 15.0 Å². The van der Waals surface area contributed by atoms with E-state index in [9.17, 15) is 0 Å². The van der Waals surface area contributed by atoms with Gasteiger partial charge in [-0.25, -0.2) is 15.0 Å². The first kappa shape index (κ1) is 31.9. The quantitative estimate of drug-likeness (QED) is 0.172. The maximum Gasteiger partial charge on any atom is 0.164 e. The summed E-state index contributed by atoms with van der Waals surface area (Å²) in [5, 5.41) is 4.69. The Morgan fingerprint density at radius 2 is 0.786 bits per heavy atom. The molecule has 0 unspecified atom stereocenters. The highest BCUT2D eigenvalue weighted by atomic mass is 15.0. The van der Waals surface area contributed by atoms with Gasteiger partial charge in [0.2, 0.25) is 0 Å². The molecule has 0 atom stereocenters. The second-order valence-corrected chi connectivity index (χ2v) is 14.0. The summed E-state index contributed by atoms with van der Waals surface area (Å²) in [6.45, 7) is 0. The van der Waals surface area contributed by atoms with Gasteiger partial charge in [-0.2, -0.15) is 0 Å². The minimum atomic E-state index is 0.614.